The summed E-state index contributed by atoms with van der Waals surface area (Å²) in [5.74, 6) is -0.532. The summed E-state index contributed by atoms with van der Waals surface area (Å²) in [6.07, 6.45) is 6.99. The number of thiol groups is 1. The van der Waals surface area contributed by atoms with Crippen molar-refractivity contribution in [2.75, 3.05) is 19.7 Å². The summed E-state index contributed by atoms with van der Waals surface area (Å²) < 4.78 is 21.4. The molecule has 2 aromatic rings. The fourth-order valence-corrected chi connectivity index (χ4v) is 4.47. The Morgan fingerprint density at radius 2 is 2.06 bits per heavy atom. The third-order valence-corrected chi connectivity index (χ3v) is 6.66. The number of halogens is 1. The smallest absolute Gasteiger partial charge is 0.327 e. The number of benzene rings is 1. The Morgan fingerprint density at radius 3 is 2.79 bits per heavy atom. The van der Waals surface area contributed by atoms with Crippen molar-refractivity contribution in [1.82, 2.24) is 14.7 Å². The number of rotatable bonds is 9. The molecule has 2 atom stereocenters. The zero-order valence-electron chi connectivity index (χ0n) is 18.8. The molecule has 1 aromatic heterocycles. The number of Topliss-reactive ketones (excluding diaryl/α,β-unsaturated/α-hetero) is 1. The number of hydrogen-bond acceptors (Lipinski definition) is 6. The number of carbonyl (C=O) groups excluding carboxylic acids is 2. The molecule has 1 saturated heterocycles. The zero-order valence-corrected chi connectivity index (χ0v) is 19.7. The van der Waals surface area contributed by atoms with Crippen LogP contribution < -0.4 is 0 Å². The maximum absolute atomic E-state index is 14.7. The molecule has 4 rings (SSSR count). The van der Waals surface area contributed by atoms with Crippen molar-refractivity contribution in [3.8, 4) is 0 Å². The van der Waals surface area contributed by atoms with Crippen LogP contribution in [0, 0.1) is 11.7 Å². The quantitative estimate of drug-likeness (QED) is 0.441. The van der Waals surface area contributed by atoms with E-state index < -0.39 is 6.04 Å². The van der Waals surface area contributed by atoms with Crippen LogP contribution >= 0.6 is 12.6 Å². The number of ketones is 1. The van der Waals surface area contributed by atoms with Crippen LogP contribution in [0.3, 0.4) is 0 Å². The molecule has 8 heteroatoms. The van der Waals surface area contributed by atoms with Gasteiger partial charge in [0.15, 0.2) is 5.78 Å². The fourth-order valence-electron chi connectivity index (χ4n) is 4.20. The van der Waals surface area contributed by atoms with Gasteiger partial charge < -0.3 is 4.74 Å². The Kier molecular flexibility index (Phi) is 7.65. The molecule has 6 nitrogen and oxygen atoms in total. The number of carbonyl (C=O) groups is 2. The predicted octanol–water partition coefficient (Wildman–Crippen LogP) is 4.08. The molecule has 2 fully saturated rings. The lowest BCUT2D eigenvalue weighted by atomic mass is 9.93. The first kappa shape index (κ1) is 23.7. The minimum absolute atomic E-state index is 0.0261. The molecular weight excluding hydrogens is 441 g/mol. The lowest BCUT2D eigenvalue weighted by molar-refractivity contribution is -0.144. The lowest BCUT2D eigenvalue weighted by Gasteiger charge is -2.37. The van der Waals surface area contributed by atoms with Gasteiger partial charge in [-0.05, 0) is 49.5 Å². The van der Waals surface area contributed by atoms with E-state index in [4.69, 9.17) is 17.4 Å². The number of ether oxygens (including phenoxy) is 1. The van der Waals surface area contributed by atoms with E-state index in [0.29, 0.717) is 31.0 Å². The molecule has 33 heavy (non-hydrogen) atoms. The highest BCUT2D eigenvalue weighted by Gasteiger charge is 2.40. The van der Waals surface area contributed by atoms with Gasteiger partial charge in [-0.1, -0.05) is 25.1 Å². The highest BCUT2D eigenvalue weighted by molar-refractivity contribution is 7.81. The lowest BCUT2D eigenvalue weighted by Crippen LogP contribution is -2.42. The molecule has 0 amide bonds. The van der Waals surface area contributed by atoms with Crippen LogP contribution in [0.5, 0.6) is 0 Å². The van der Waals surface area contributed by atoms with Gasteiger partial charge in [0.2, 0.25) is 0 Å². The van der Waals surface area contributed by atoms with E-state index in [1.807, 2.05) is 19.1 Å². The van der Waals surface area contributed by atoms with E-state index in [2.05, 4.69) is 10.00 Å². The largest absolute Gasteiger partial charge is 0.464 e. The van der Waals surface area contributed by atoms with Crippen LogP contribution in [0.2, 0.25) is 0 Å². The first-order chi connectivity index (χ1) is 16.0. The summed E-state index contributed by atoms with van der Waals surface area (Å²) in [4.78, 5) is 27.1. The van der Waals surface area contributed by atoms with E-state index in [1.165, 1.54) is 6.07 Å². The summed E-state index contributed by atoms with van der Waals surface area (Å²) in [6.45, 7) is 3.58. The van der Waals surface area contributed by atoms with Crippen molar-refractivity contribution >= 4 is 30.5 Å². The number of nitrogens with zero attached hydrogens (tertiary/aromatic N) is 3. The Hall–Kier alpha value is -2.45. The van der Waals surface area contributed by atoms with Crippen LogP contribution in [-0.4, -0.2) is 51.4 Å². The van der Waals surface area contributed by atoms with Gasteiger partial charge >= 0.3 is 5.97 Å². The Morgan fingerprint density at radius 1 is 1.27 bits per heavy atom. The summed E-state index contributed by atoms with van der Waals surface area (Å²) in [5.41, 5.74) is 2.18. The molecule has 2 aliphatic rings. The topological polar surface area (TPSA) is 64.4 Å². The number of hydrogen-bond donors (Lipinski definition) is 1. The second kappa shape index (κ2) is 10.7. The SMILES string of the molecule is CCCOC(=O)Cn1ccc(/C=C2/CN(C(C(=O)C3CC3)c3ccccc3F)CCC2S)n1. The highest BCUT2D eigenvalue weighted by atomic mass is 32.1. The maximum atomic E-state index is 14.7. The van der Waals surface area contributed by atoms with Gasteiger partial charge in [0.05, 0.1) is 18.3 Å². The second-order valence-corrected chi connectivity index (χ2v) is 9.38. The van der Waals surface area contributed by atoms with Crippen LogP contribution in [0.4, 0.5) is 4.39 Å². The predicted molar refractivity (Wildman–Crippen MR) is 127 cm³/mol. The van der Waals surface area contributed by atoms with Gasteiger partial charge in [0, 0.05) is 36.0 Å². The molecule has 176 valence electrons. The van der Waals surface area contributed by atoms with Crippen molar-refractivity contribution in [3.05, 3.63) is 59.2 Å². The van der Waals surface area contributed by atoms with Crippen LogP contribution in [0.15, 0.2) is 42.1 Å². The van der Waals surface area contributed by atoms with Gasteiger partial charge in [-0.3, -0.25) is 19.2 Å². The number of likely N-dealkylation sites (tertiary alicyclic amines) is 1. The molecule has 1 aromatic carbocycles. The molecule has 1 aliphatic heterocycles. The van der Waals surface area contributed by atoms with Crippen molar-refractivity contribution < 1.29 is 18.7 Å². The van der Waals surface area contributed by atoms with E-state index in [0.717, 1.165) is 31.3 Å². The van der Waals surface area contributed by atoms with E-state index >= 15 is 0 Å². The maximum Gasteiger partial charge on any atom is 0.327 e. The molecule has 0 bridgehead atoms. The Labute approximate surface area is 199 Å². The minimum atomic E-state index is -0.589. The third-order valence-electron chi connectivity index (χ3n) is 6.07. The van der Waals surface area contributed by atoms with Crippen molar-refractivity contribution in [2.45, 2.75) is 50.4 Å². The molecule has 0 spiro atoms. The molecular formula is C25H30FN3O3S. The van der Waals surface area contributed by atoms with Crippen LogP contribution in [-0.2, 0) is 20.9 Å². The number of aromatic nitrogens is 2. The third kappa shape index (κ3) is 5.92. The zero-order chi connectivity index (χ0) is 23.4. The molecule has 0 N–H and O–H groups in total. The average Bonchev–Trinajstić information content (AvgIpc) is 3.57. The summed E-state index contributed by atoms with van der Waals surface area (Å²) in [6, 6.07) is 7.82. The molecule has 1 saturated carbocycles. The average molecular weight is 472 g/mol. The standard InChI is InChI=1S/C25H30FN3O3S/c1-2-13-32-23(30)16-29-12-9-19(27-29)14-18-15-28(11-10-22(18)33)24(25(31)17-7-8-17)20-5-3-4-6-21(20)26/h3-6,9,12,14,17,22,24,33H,2,7-8,10-11,13,15-16H2,1H3/b18-14-. The van der Waals surface area contributed by atoms with E-state index in [9.17, 15) is 14.0 Å². The Bertz CT molecular complexity index is 1030. The van der Waals surface area contributed by atoms with Gasteiger partial charge in [-0.25, -0.2) is 4.39 Å². The molecule has 1 aliphatic carbocycles. The monoisotopic (exact) mass is 471 g/mol. The second-order valence-electron chi connectivity index (χ2n) is 8.75. The molecule has 2 heterocycles. The molecule has 0 radical (unpaired) electrons. The first-order valence-electron chi connectivity index (χ1n) is 11.6. The van der Waals surface area contributed by atoms with E-state index in [1.54, 1.807) is 29.1 Å². The first-order valence-corrected chi connectivity index (χ1v) is 12.1. The number of esters is 1. The van der Waals surface area contributed by atoms with Crippen molar-refractivity contribution in [3.63, 3.8) is 0 Å². The van der Waals surface area contributed by atoms with Gasteiger partial charge in [0.25, 0.3) is 0 Å². The summed E-state index contributed by atoms with van der Waals surface area (Å²) >= 11 is 4.75. The van der Waals surface area contributed by atoms with Crippen molar-refractivity contribution in [2.24, 2.45) is 5.92 Å². The van der Waals surface area contributed by atoms with Gasteiger partial charge in [-0.2, -0.15) is 17.7 Å². The fraction of sp³-hybridized carbons (Fsp3) is 0.480. The van der Waals surface area contributed by atoms with E-state index in [-0.39, 0.29) is 35.3 Å². The van der Waals surface area contributed by atoms with Crippen LogP contribution in [0.1, 0.15) is 49.9 Å². The number of piperidine rings is 1. The van der Waals surface area contributed by atoms with Crippen LogP contribution in [0.25, 0.3) is 6.08 Å². The Balaban J connectivity index is 1.52. The normalized spacial score (nSPS) is 21.2. The molecule has 2 unspecified atom stereocenters. The van der Waals surface area contributed by atoms with Gasteiger partial charge in [-0.15, -0.1) is 0 Å². The summed E-state index contributed by atoms with van der Waals surface area (Å²) in [7, 11) is 0. The van der Waals surface area contributed by atoms with Gasteiger partial charge in [0.1, 0.15) is 12.4 Å². The van der Waals surface area contributed by atoms with Crippen molar-refractivity contribution in [1.29, 1.82) is 0 Å². The highest BCUT2D eigenvalue weighted by Crippen LogP contribution is 2.39. The summed E-state index contributed by atoms with van der Waals surface area (Å²) in [5, 5.41) is 4.49. The minimum Gasteiger partial charge on any atom is -0.464 e.